The van der Waals surface area contributed by atoms with Crippen LogP contribution in [0.4, 0.5) is 29.9 Å². The fourth-order valence-corrected chi connectivity index (χ4v) is 3.61. The summed E-state index contributed by atoms with van der Waals surface area (Å²) in [7, 11) is 1.90. The van der Waals surface area contributed by atoms with Crippen LogP contribution in [-0.2, 0) is 11.0 Å². The number of carboxylic acids is 1. The predicted molar refractivity (Wildman–Crippen MR) is 132 cm³/mol. The average Bonchev–Trinajstić information content (AvgIpc) is 3.23. The van der Waals surface area contributed by atoms with Gasteiger partial charge in [0.1, 0.15) is 11.6 Å². The van der Waals surface area contributed by atoms with Crippen LogP contribution in [0.5, 0.6) is 0 Å². The molecule has 0 saturated carbocycles. The molecule has 0 aromatic carbocycles. The van der Waals surface area contributed by atoms with E-state index in [2.05, 4.69) is 20.3 Å². The standard InChI is InChI=1S/C21H20F3N5O2S.2ClH/c1-29(11-4-2-3-8-19(30)31)20-26-13-16(32-20)15-6-5-7-17(27-15)28-18-12-14(9-10-25-18)21(22,23)24;;/h3,5-10,12-13H,2,4,11H2,1H3,(H,30,31)(H,25,27,28);2*1H. The van der Waals surface area contributed by atoms with Crippen LogP contribution in [0.3, 0.4) is 0 Å². The molecule has 3 heterocycles. The van der Waals surface area contributed by atoms with Crippen molar-refractivity contribution in [2.24, 2.45) is 0 Å². The molecule has 3 aromatic heterocycles. The molecule has 3 rings (SSSR count). The van der Waals surface area contributed by atoms with E-state index in [1.807, 2.05) is 11.9 Å². The lowest BCUT2D eigenvalue weighted by atomic mass is 10.2. The molecule has 13 heteroatoms. The van der Waals surface area contributed by atoms with E-state index in [0.717, 1.165) is 40.8 Å². The molecule has 0 aliphatic carbocycles. The number of alkyl halides is 3. The molecule has 0 unspecified atom stereocenters. The third-order valence-electron chi connectivity index (χ3n) is 4.29. The molecule has 0 bridgehead atoms. The minimum atomic E-state index is -4.45. The highest BCUT2D eigenvalue weighted by Gasteiger charge is 2.30. The van der Waals surface area contributed by atoms with Crippen molar-refractivity contribution < 1.29 is 23.1 Å². The van der Waals surface area contributed by atoms with Gasteiger partial charge in [-0.05, 0) is 37.1 Å². The number of hydrogen-bond donors (Lipinski definition) is 2. The monoisotopic (exact) mass is 535 g/mol. The molecule has 7 nitrogen and oxygen atoms in total. The summed E-state index contributed by atoms with van der Waals surface area (Å²) >= 11 is 1.43. The number of carboxylic acid groups (broad SMARTS) is 1. The van der Waals surface area contributed by atoms with Crippen molar-refractivity contribution in [3.05, 3.63) is 60.4 Å². The number of aliphatic carboxylic acids is 1. The maximum absolute atomic E-state index is 12.9. The molecule has 0 fully saturated rings. The van der Waals surface area contributed by atoms with Crippen molar-refractivity contribution in [2.45, 2.75) is 19.0 Å². The third kappa shape index (κ3) is 8.47. The summed E-state index contributed by atoms with van der Waals surface area (Å²) in [6.45, 7) is 0.702. The van der Waals surface area contributed by atoms with E-state index in [1.54, 1.807) is 30.5 Å². The summed E-state index contributed by atoms with van der Waals surface area (Å²) in [6.07, 6.45) is 2.50. The summed E-state index contributed by atoms with van der Waals surface area (Å²) in [6, 6.07) is 7.02. The Hall–Kier alpha value is -2.89. The Kier molecular flexibility index (Phi) is 11.2. The summed E-state index contributed by atoms with van der Waals surface area (Å²) in [5.74, 6) is -0.551. The van der Waals surface area contributed by atoms with Crippen molar-refractivity contribution >= 4 is 58.9 Å². The molecule has 0 spiro atoms. The van der Waals surface area contributed by atoms with E-state index < -0.39 is 17.7 Å². The minimum absolute atomic E-state index is 0. The van der Waals surface area contributed by atoms with E-state index in [9.17, 15) is 18.0 Å². The van der Waals surface area contributed by atoms with Gasteiger partial charge in [-0.2, -0.15) is 13.2 Å². The maximum Gasteiger partial charge on any atom is 0.416 e. The maximum atomic E-state index is 12.9. The van der Waals surface area contributed by atoms with Crippen LogP contribution in [0.25, 0.3) is 10.6 Å². The van der Waals surface area contributed by atoms with Crippen molar-refractivity contribution in [2.75, 3.05) is 23.8 Å². The number of halogens is 5. The second kappa shape index (κ2) is 13.1. The molecule has 0 saturated heterocycles. The first-order chi connectivity index (χ1) is 15.2. The first-order valence-corrected chi connectivity index (χ1v) is 10.4. The van der Waals surface area contributed by atoms with Gasteiger partial charge in [-0.25, -0.2) is 19.7 Å². The van der Waals surface area contributed by atoms with E-state index in [4.69, 9.17) is 5.11 Å². The summed E-state index contributed by atoms with van der Waals surface area (Å²) < 4.78 is 38.7. The number of nitrogens with zero attached hydrogens (tertiary/aromatic N) is 4. The number of aromatic nitrogens is 3. The fourth-order valence-electron chi connectivity index (χ4n) is 2.73. The number of rotatable bonds is 9. The van der Waals surface area contributed by atoms with Gasteiger partial charge in [0.15, 0.2) is 5.13 Å². The smallest absolute Gasteiger partial charge is 0.416 e. The van der Waals surface area contributed by atoms with E-state index in [-0.39, 0.29) is 30.6 Å². The Labute approximate surface area is 210 Å². The molecule has 0 aliphatic heterocycles. The highest BCUT2D eigenvalue weighted by Crippen LogP contribution is 2.32. The van der Waals surface area contributed by atoms with Gasteiger partial charge in [0, 0.05) is 32.1 Å². The molecule has 0 atom stereocenters. The van der Waals surface area contributed by atoms with Gasteiger partial charge >= 0.3 is 12.1 Å². The number of unbranched alkanes of at least 4 members (excludes halogenated alkanes) is 1. The van der Waals surface area contributed by atoms with Crippen LogP contribution in [0.1, 0.15) is 18.4 Å². The summed E-state index contributed by atoms with van der Waals surface area (Å²) in [5.41, 5.74) is -0.164. The number of anilines is 3. The first kappa shape index (κ1) is 29.1. The van der Waals surface area contributed by atoms with Gasteiger partial charge in [0.2, 0.25) is 0 Å². The van der Waals surface area contributed by atoms with Crippen LogP contribution in [0.15, 0.2) is 54.9 Å². The molecular weight excluding hydrogens is 514 g/mol. The Balaban J connectivity index is 0.00000289. The largest absolute Gasteiger partial charge is 0.478 e. The number of thiazole rings is 1. The zero-order chi connectivity index (χ0) is 23.1. The molecule has 2 N–H and O–H groups in total. The molecule has 0 amide bonds. The van der Waals surface area contributed by atoms with Crippen LogP contribution in [0.2, 0.25) is 0 Å². The Morgan fingerprint density at radius 3 is 2.68 bits per heavy atom. The predicted octanol–water partition coefficient (Wildman–Crippen LogP) is 6.06. The van der Waals surface area contributed by atoms with Gasteiger partial charge in [-0.1, -0.05) is 23.5 Å². The van der Waals surface area contributed by atoms with E-state index in [0.29, 0.717) is 24.5 Å². The van der Waals surface area contributed by atoms with Crippen LogP contribution in [0, 0.1) is 0 Å². The lowest BCUT2D eigenvalue weighted by molar-refractivity contribution is -0.137. The van der Waals surface area contributed by atoms with Crippen LogP contribution < -0.4 is 10.2 Å². The average molecular weight is 536 g/mol. The molecular formula is C21H22Cl2F3N5O2S. The highest BCUT2D eigenvalue weighted by molar-refractivity contribution is 7.18. The van der Waals surface area contributed by atoms with E-state index in [1.165, 1.54) is 11.3 Å². The quantitative estimate of drug-likeness (QED) is 0.254. The first-order valence-electron chi connectivity index (χ1n) is 9.56. The zero-order valence-corrected chi connectivity index (χ0v) is 20.3. The SMILES string of the molecule is CN(CCCC=CC(=O)O)c1ncc(-c2cccc(Nc3cc(C(F)(F)F)ccn3)n2)s1.Cl.Cl. The Morgan fingerprint density at radius 1 is 1.21 bits per heavy atom. The fraction of sp³-hybridized carbons (Fsp3) is 0.238. The normalized spacial score (nSPS) is 10.9. The molecule has 0 aliphatic rings. The van der Waals surface area contributed by atoms with Gasteiger partial charge in [0.05, 0.1) is 16.1 Å². The number of hydrogen-bond acceptors (Lipinski definition) is 7. The van der Waals surface area contributed by atoms with Crippen LogP contribution in [-0.4, -0.2) is 39.6 Å². The molecule has 3 aromatic rings. The summed E-state index contributed by atoms with van der Waals surface area (Å²) in [5, 5.41) is 12.2. The van der Waals surface area contributed by atoms with Crippen LogP contribution >= 0.6 is 36.2 Å². The van der Waals surface area contributed by atoms with Gasteiger partial charge in [-0.15, -0.1) is 24.8 Å². The molecule has 34 heavy (non-hydrogen) atoms. The van der Waals surface area contributed by atoms with Gasteiger partial charge in [0.25, 0.3) is 0 Å². The second-order valence-corrected chi connectivity index (χ2v) is 7.78. The van der Waals surface area contributed by atoms with Gasteiger partial charge < -0.3 is 15.3 Å². The Bertz CT molecular complexity index is 1110. The van der Waals surface area contributed by atoms with E-state index >= 15 is 0 Å². The lowest BCUT2D eigenvalue weighted by Crippen LogP contribution is -2.17. The molecule has 0 radical (unpaired) electrons. The van der Waals surface area contributed by atoms with Gasteiger partial charge in [-0.3, -0.25) is 0 Å². The van der Waals surface area contributed by atoms with Crippen molar-refractivity contribution in [1.29, 1.82) is 0 Å². The number of pyridine rings is 2. The topological polar surface area (TPSA) is 91.2 Å². The van der Waals surface area contributed by atoms with Crippen molar-refractivity contribution in [3.63, 3.8) is 0 Å². The second-order valence-electron chi connectivity index (χ2n) is 6.77. The lowest BCUT2D eigenvalue weighted by Gasteiger charge is -2.14. The summed E-state index contributed by atoms with van der Waals surface area (Å²) in [4.78, 5) is 26.0. The number of nitrogens with one attached hydrogen (secondary N) is 1. The number of allylic oxidation sites excluding steroid dienone is 1. The number of carbonyl (C=O) groups is 1. The molecule has 184 valence electrons. The Morgan fingerprint density at radius 2 is 1.97 bits per heavy atom. The highest BCUT2D eigenvalue weighted by atomic mass is 35.5. The minimum Gasteiger partial charge on any atom is -0.478 e. The van der Waals surface area contributed by atoms with Crippen molar-refractivity contribution in [1.82, 2.24) is 15.0 Å². The van der Waals surface area contributed by atoms with Crippen molar-refractivity contribution in [3.8, 4) is 10.6 Å². The third-order valence-corrected chi connectivity index (χ3v) is 5.42. The zero-order valence-electron chi connectivity index (χ0n) is 17.8.